The second-order valence-corrected chi connectivity index (χ2v) is 6.12. The maximum atomic E-state index is 13.6. The summed E-state index contributed by atoms with van der Waals surface area (Å²) in [5.41, 5.74) is -2.32. The number of halogens is 2. The molecule has 5 unspecified atom stereocenters. The summed E-state index contributed by atoms with van der Waals surface area (Å²) in [7, 11) is 0. The fraction of sp³-hybridized carbons (Fsp3) is 0.929. The molecule has 0 N–H and O–H groups in total. The fourth-order valence-corrected chi connectivity index (χ4v) is 3.67. The summed E-state index contributed by atoms with van der Waals surface area (Å²) in [4.78, 5) is 11.6. The van der Waals surface area contributed by atoms with E-state index in [1.54, 1.807) is 0 Å². The van der Waals surface area contributed by atoms with Gasteiger partial charge in [0.2, 0.25) is 5.67 Å². The lowest BCUT2D eigenvalue weighted by molar-refractivity contribution is -0.165. The maximum absolute atomic E-state index is 13.6. The minimum atomic E-state index is -2.32. The van der Waals surface area contributed by atoms with Crippen LogP contribution in [0.3, 0.4) is 0 Å². The van der Waals surface area contributed by atoms with E-state index in [2.05, 4.69) is 0 Å². The van der Waals surface area contributed by atoms with Crippen LogP contribution in [0.25, 0.3) is 0 Å². The van der Waals surface area contributed by atoms with Gasteiger partial charge < -0.3 is 4.74 Å². The van der Waals surface area contributed by atoms with Gasteiger partial charge in [-0.25, -0.2) is 13.6 Å². The van der Waals surface area contributed by atoms with E-state index in [-0.39, 0.29) is 12.5 Å². The second kappa shape index (κ2) is 4.46. The average molecular weight is 258 g/mol. The van der Waals surface area contributed by atoms with Crippen LogP contribution < -0.4 is 0 Å². The van der Waals surface area contributed by atoms with Crippen molar-refractivity contribution >= 4 is 5.97 Å². The molecule has 3 saturated carbocycles. The average Bonchev–Trinajstić information content (AvgIpc) is 2.99. The van der Waals surface area contributed by atoms with Crippen molar-refractivity contribution in [3.8, 4) is 0 Å². The van der Waals surface area contributed by atoms with Crippen LogP contribution in [-0.4, -0.2) is 23.9 Å². The quantitative estimate of drug-likeness (QED) is 0.710. The zero-order valence-corrected chi connectivity index (χ0v) is 10.5. The smallest absolute Gasteiger partial charge is 0.347 e. The Balaban J connectivity index is 1.63. The Hall–Kier alpha value is -0.670. The molecule has 102 valence electrons. The lowest BCUT2D eigenvalue weighted by Crippen LogP contribution is -2.40. The molecule has 0 spiro atoms. The number of ether oxygens (including phenoxy) is 1. The Bertz CT molecular complexity index is 345. The Morgan fingerprint density at radius 1 is 1.11 bits per heavy atom. The number of hydrogen-bond acceptors (Lipinski definition) is 2. The van der Waals surface area contributed by atoms with E-state index in [9.17, 15) is 13.6 Å². The first-order chi connectivity index (χ1) is 8.61. The number of carbonyl (C=O) groups is 1. The van der Waals surface area contributed by atoms with Crippen LogP contribution in [0, 0.1) is 11.8 Å². The lowest BCUT2D eigenvalue weighted by Gasteiger charge is -2.40. The summed E-state index contributed by atoms with van der Waals surface area (Å²) in [6.45, 7) is 0. The first-order valence-corrected chi connectivity index (χ1v) is 7.15. The highest BCUT2D eigenvalue weighted by molar-refractivity contribution is 5.84. The molecule has 0 bridgehead atoms. The molecule has 0 saturated heterocycles. The van der Waals surface area contributed by atoms with Crippen LogP contribution in [0.1, 0.15) is 51.4 Å². The first kappa shape index (κ1) is 12.4. The number of fused-ring (bicyclic) bond motifs is 1. The van der Waals surface area contributed by atoms with Crippen molar-refractivity contribution in [3.63, 3.8) is 0 Å². The number of rotatable bonds is 2. The van der Waals surface area contributed by atoms with E-state index in [0.29, 0.717) is 11.8 Å². The molecule has 18 heavy (non-hydrogen) atoms. The molecule has 2 nitrogen and oxygen atoms in total. The van der Waals surface area contributed by atoms with E-state index < -0.39 is 17.8 Å². The van der Waals surface area contributed by atoms with Gasteiger partial charge in [0, 0.05) is 6.42 Å². The van der Waals surface area contributed by atoms with E-state index in [1.807, 2.05) is 0 Å². The highest BCUT2D eigenvalue weighted by atomic mass is 19.2. The third kappa shape index (κ3) is 2.04. The molecule has 0 heterocycles. The van der Waals surface area contributed by atoms with Gasteiger partial charge in [0.05, 0.1) is 0 Å². The Morgan fingerprint density at radius 3 is 2.50 bits per heavy atom. The largest absolute Gasteiger partial charge is 0.460 e. The first-order valence-electron chi connectivity index (χ1n) is 7.15. The third-order valence-corrected chi connectivity index (χ3v) is 4.92. The molecular formula is C14H20F2O2. The van der Waals surface area contributed by atoms with Gasteiger partial charge in [-0.05, 0) is 37.5 Å². The van der Waals surface area contributed by atoms with Gasteiger partial charge in [-0.2, -0.15) is 0 Å². The SMILES string of the molecule is O=C(OC1CCCC2CCCCC21)C1(F)CC1F. The predicted molar refractivity (Wildman–Crippen MR) is 62.5 cm³/mol. The van der Waals surface area contributed by atoms with Crippen LogP contribution in [0.5, 0.6) is 0 Å². The predicted octanol–water partition coefficient (Wildman–Crippen LogP) is 3.34. The van der Waals surface area contributed by atoms with Crippen LogP contribution in [0.4, 0.5) is 8.78 Å². The summed E-state index contributed by atoms with van der Waals surface area (Å²) in [6.07, 6.45) is 5.62. The zero-order valence-electron chi connectivity index (χ0n) is 10.5. The van der Waals surface area contributed by atoms with E-state index >= 15 is 0 Å². The van der Waals surface area contributed by atoms with E-state index in [4.69, 9.17) is 4.74 Å². The summed E-state index contributed by atoms with van der Waals surface area (Å²) < 4.78 is 31.7. The molecule has 0 radical (unpaired) electrons. The van der Waals surface area contributed by atoms with Crippen molar-refractivity contribution in [1.82, 2.24) is 0 Å². The summed E-state index contributed by atoms with van der Waals surface area (Å²) in [6, 6.07) is 0. The third-order valence-electron chi connectivity index (χ3n) is 4.92. The van der Waals surface area contributed by atoms with Crippen molar-refractivity contribution in [2.45, 2.75) is 69.3 Å². The van der Waals surface area contributed by atoms with Crippen molar-refractivity contribution < 1.29 is 18.3 Å². The Morgan fingerprint density at radius 2 is 1.78 bits per heavy atom. The standard InChI is InChI=1S/C14H20F2O2/c15-12-8-14(12,16)13(17)18-11-7-3-5-9-4-1-2-6-10(9)11/h9-12H,1-8H2. The van der Waals surface area contributed by atoms with Crippen LogP contribution in [0.15, 0.2) is 0 Å². The minimum Gasteiger partial charge on any atom is -0.460 e. The summed E-state index contributed by atoms with van der Waals surface area (Å²) in [5, 5.41) is 0. The normalized spacial score (nSPS) is 47.2. The summed E-state index contributed by atoms with van der Waals surface area (Å²) in [5.74, 6) is 0.0596. The number of esters is 1. The number of hydrogen-bond donors (Lipinski definition) is 0. The molecule has 0 amide bonds. The maximum Gasteiger partial charge on any atom is 0.347 e. The lowest BCUT2D eigenvalue weighted by atomic mass is 9.69. The van der Waals surface area contributed by atoms with Gasteiger partial charge in [0.1, 0.15) is 12.3 Å². The molecule has 0 aromatic heterocycles. The highest BCUT2D eigenvalue weighted by Gasteiger charge is 2.65. The monoisotopic (exact) mass is 258 g/mol. The Labute approximate surface area is 106 Å². The molecule has 3 aliphatic rings. The van der Waals surface area contributed by atoms with Gasteiger partial charge in [0.15, 0.2) is 0 Å². The number of carbonyl (C=O) groups excluding carboxylic acids is 1. The van der Waals surface area contributed by atoms with Crippen molar-refractivity contribution in [3.05, 3.63) is 0 Å². The molecule has 0 aromatic rings. The van der Waals surface area contributed by atoms with Gasteiger partial charge >= 0.3 is 5.97 Å². The van der Waals surface area contributed by atoms with Crippen molar-refractivity contribution in [2.75, 3.05) is 0 Å². The molecule has 5 atom stereocenters. The van der Waals surface area contributed by atoms with Gasteiger partial charge in [-0.3, -0.25) is 0 Å². The van der Waals surface area contributed by atoms with Gasteiger partial charge in [0.25, 0.3) is 0 Å². The van der Waals surface area contributed by atoms with Crippen molar-refractivity contribution in [1.29, 1.82) is 0 Å². The molecule has 3 aliphatic carbocycles. The van der Waals surface area contributed by atoms with Gasteiger partial charge in [-0.15, -0.1) is 0 Å². The minimum absolute atomic E-state index is 0.169. The molecule has 3 rings (SSSR count). The Kier molecular flexibility index (Phi) is 3.07. The van der Waals surface area contributed by atoms with Crippen LogP contribution in [0.2, 0.25) is 0 Å². The second-order valence-electron chi connectivity index (χ2n) is 6.12. The fourth-order valence-electron chi connectivity index (χ4n) is 3.67. The molecule has 3 fully saturated rings. The molecule has 4 heteroatoms. The van der Waals surface area contributed by atoms with Gasteiger partial charge in [-0.1, -0.05) is 19.3 Å². The number of alkyl halides is 2. The van der Waals surface area contributed by atoms with Crippen LogP contribution >= 0.6 is 0 Å². The van der Waals surface area contributed by atoms with Crippen molar-refractivity contribution in [2.24, 2.45) is 11.8 Å². The van der Waals surface area contributed by atoms with E-state index in [0.717, 1.165) is 19.3 Å². The molecule has 0 aromatic carbocycles. The molecule has 0 aliphatic heterocycles. The highest BCUT2D eigenvalue weighted by Crippen LogP contribution is 2.47. The summed E-state index contributed by atoms with van der Waals surface area (Å²) >= 11 is 0. The van der Waals surface area contributed by atoms with E-state index in [1.165, 1.54) is 25.7 Å². The zero-order chi connectivity index (χ0) is 12.8. The topological polar surface area (TPSA) is 26.3 Å². The molecular weight excluding hydrogens is 238 g/mol. The van der Waals surface area contributed by atoms with Crippen LogP contribution in [-0.2, 0) is 9.53 Å².